The minimum absolute atomic E-state index is 0.0401. The fourth-order valence-corrected chi connectivity index (χ4v) is 4.56. The first kappa shape index (κ1) is 15.6. The van der Waals surface area contributed by atoms with E-state index in [2.05, 4.69) is 5.32 Å². The molecule has 0 radical (unpaired) electrons. The van der Waals surface area contributed by atoms with E-state index >= 15 is 0 Å². The molecule has 1 aromatic rings. The van der Waals surface area contributed by atoms with Gasteiger partial charge in [-0.05, 0) is 43.6 Å². The SMILES string of the molecule is Cc1ccn(CC(=O)N[C@H]2CCO[C@]3(CCSC3)C2)c(=O)c1. The maximum atomic E-state index is 12.2. The number of pyridine rings is 1. The highest BCUT2D eigenvalue weighted by Crippen LogP contribution is 2.38. The van der Waals surface area contributed by atoms with Crippen molar-refractivity contribution < 1.29 is 9.53 Å². The number of amides is 1. The Balaban J connectivity index is 1.58. The van der Waals surface area contributed by atoms with Crippen molar-refractivity contribution in [1.29, 1.82) is 0 Å². The van der Waals surface area contributed by atoms with E-state index in [1.807, 2.05) is 24.8 Å². The number of rotatable bonds is 3. The second-order valence-electron chi connectivity index (χ2n) is 6.26. The normalized spacial score (nSPS) is 28.0. The zero-order valence-corrected chi connectivity index (χ0v) is 13.7. The molecule has 0 saturated carbocycles. The van der Waals surface area contributed by atoms with Crippen LogP contribution in [-0.2, 0) is 16.1 Å². The number of hydrogen-bond acceptors (Lipinski definition) is 4. The summed E-state index contributed by atoms with van der Waals surface area (Å²) in [6.07, 6.45) is 4.48. The summed E-state index contributed by atoms with van der Waals surface area (Å²) in [5.74, 6) is 2.06. The highest BCUT2D eigenvalue weighted by Gasteiger charge is 2.40. The van der Waals surface area contributed by atoms with E-state index in [9.17, 15) is 9.59 Å². The summed E-state index contributed by atoms with van der Waals surface area (Å²) in [5, 5.41) is 3.07. The lowest BCUT2D eigenvalue weighted by molar-refractivity contribution is -0.125. The average Bonchev–Trinajstić information content (AvgIpc) is 2.90. The van der Waals surface area contributed by atoms with Crippen LogP contribution < -0.4 is 10.9 Å². The molecule has 0 bridgehead atoms. The topological polar surface area (TPSA) is 60.3 Å². The van der Waals surface area contributed by atoms with Crippen molar-refractivity contribution in [2.75, 3.05) is 18.1 Å². The van der Waals surface area contributed by atoms with Crippen LogP contribution in [0.4, 0.5) is 0 Å². The number of nitrogens with one attached hydrogen (secondary N) is 1. The van der Waals surface area contributed by atoms with Crippen LogP contribution in [0.25, 0.3) is 0 Å². The van der Waals surface area contributed by atoms with Gasteiger partial charge in [0.2, 0.25) is 5.91 Å². The fourth-order valence-electron chi connectivity index (χ4n) is 3.18. The Labute approximate surface area is 134 Å². The molecule has 1 amide bonds. The number of thioether (sulfide) groups is 1. The zero-order valence-electron chi connectivity index (χ0n) is 12.8. The van der Waals surface area contributed by atoms with Gasteiger partial charge in [0, 0.05) is 30.7 Å². The molecule has 1 N–H and O–H groups in total. The van der Waals surface area contributed by atoms with E-state index < -0.39 is 0 Å². The summed E-state index contributed by atoms with van der Waals surface area (Å²) in [7, 11) is 0. The van der Waals surface area contributed by atoms with Crippen molar-refractivity contribution >= 4 is 17.7 Å². The molecule has 2 atom stereocenters. The molecule has 3 heterocycles. The Morgan fingerprint density at radius 1 is 1.59 bits per heavy atom. The molecule has 0 unspecified atom stereocenters. The molecule has 3 rings (SSSR count). The summed E-state index contributed by atoms with van der Waals surface area (Å²) < 4.78 is 7.41. The Bertz CT molecular complexity index is 608. The molecule has 2 aliphatic heterocycles. The third-order valence-corrected chi connectivity index (χ3v) is 5.61. The van der Waals surface area contributed by atoms with Crippen LogP contribution in [0.1, 0.15) is 24.8 Å². The van der Waals surface area contributed by atoms with Gasteiger partial charge in [-0.2, -0.15) is 11.8 Å². The van der Waals surface area contributed by atoms with Crippen LogP contribution in [0.15, 0.2) is 23.1 Å². The summed E-state index contributed by atoms with van der Waals surface area (Å²) in [6, 6.07) is 3.54. The highest BCUT2D eigenvalue weighted by molar-refractivity contribution is 7.99. The zero-order chi connectivity index (χ0) is 15.6. The van der Waals surface area contributed by atoms with Crippen molar-refractivity contribution in [2.45, 2.75) is 44.4 Å². The van der Waals surface area contributed by atoms with Gasteiger partial charge in [0.25, 0.3) is 5.56 Å². The number of aromatic nitrogens is 1. The lowest BCUT2D eigenvalue weighted by Gasteiger charge is -2.38. The smallest absolute Gasteiger partial charge is 0.251 e. The number of ether oxygens (including phenoxy) is 1. The number of aryl methyl sites for hydroxylation is 1. The van der Waals surface area contributed by atoms with Gasteiger partial charge in [-0.15, -0.1) is 0 Å². The van der Waals surface area contributed by atoms with Crippen molar-refractivity contribution in [3.63, 3.8) is 0 Å². The monoisotopic (exact) mass is 322 g/mol. The first-order valence-corrected chi connectivity index (χ1v) is 8.90. The molecule has 2 fully saturated rings. The second-order valence-corrected chi connectivity index (χ2v) is 7.37. The fraction of sp³-hybridized carbons (Fsp3) is 0.625. The van der Waals surface area contributed by atoms with Gasteiger partial charge in [0.05, 0.1) is 5.60 Å². The molecule has 22 heavy (non-hydrogen) atoms. The lowest BCUT2D eigenvalue weighted by Crippen LogP contribution is -2.49. The van der Waals surface area contributed by atoms with Crippen molar-refractivity contribution in [3.05, 3.63) is 34.2 Å². The summed E-state index contributed by atoms with van der Waals surface area (Å²) in [6.45, 7) is 2.65. The quantitative estimate of drug-likeness (QED) is 0.912. The van der Waals surface area contributed by atoms with Crippen LogP contribution in [0.5, 0.6) is 0 Å². The maximum Gasteiger partial charge on any atom is 0.251 e. The minimum atomic E-state index is -0.134. The van der Waals surface area contributed by atoms with Gasteiger partial charge in [0.15, 0.2) is 0 Å². The number of nitrogens with zero attached hydrogens (tertiary/aromatic N) is 1. The van der Waals surface area contributed by atoms with E-state index in [1.54, 1.807) is 12.3 Å². The minimum Gasteiger partial charge on any atom is -0.374 e. The molecule has 1 spiro atoms. The van der Waals surface area contributed by atoms with Gasteiger partial charge < -0.3 is 14.6 Å². The Kier molecular flexibility index (Phi) is 4.59. The van der Waals surface area contributed by atoms with Crippen LogP contribution in [-0.4, -0.2) is 40.2 Å². The number of hydrogen-bond donors (Lipinski definition) is 1. The molecule has 0 aliphatic carbocycles. The van der Waals surface area contributed by atoms with Crippen LogP contribution in [0.2, 0.25) is 0 Å². The van der Waals surface area contributed by atoms with Gasteiger partial charge in [-0.1, -0.05) is 0 Å². The Morgan fingerprint density at radius 3 is 3.18 bits per heavy atom. The summed E-state index contributed by atoms with van der Waals surface area (Å²) in [5.41, 5.74) is 0.735. The summed E-state index contributed by atoms with van der Waals surface area (Å²) >= 11 is 1.92. The van der Waals surface area contributed by atoms with Crippen molar-refractivity contribution in [1.82, 2.24) is 9.88 Å². The second kappa shape index (κ2) is 6.46. The predicted octanol–water partition coefficient (Wildman–Crippen LogP) is 1.33. The molecule has 0 aromatic carbocycles. The molecular weight excluding hydrogens is 300 g/mol. The lowest BCUT2D eigenvalue weighted by atomic mass is 9.90. The van der Waals surface area contributed by atoms with E-state index in [4.69, 9.17) is 4.74 Å². The van der Waals surface area contributed by atoms with Crippen LogP contribution in [0, 0.1) is 6.92 Å². The van der Waals surface area contributed by atoms with E-state index in [1.165, 1.54) is 4.57 Å². The van der Waals surface area contributed by atoms with E-state index in [-0.39, 0.29) is 29.7 Å². The molecule has 5 nitrogen and oxygen atoms in total. The molecule has 6 heteroatoms. The third kappa shape index (κ3) is 3.55. The molecule has 2 saturated heterocycles. The van der Waals surface area contributed by atoms with Gasteiger partial charge in [0.1, 0.15) is 6.54 Å². The van der Waals surface area contributed by atoms with Crippen LogP contribution >= 0.6 is 11.8 Å². The standard InChI is InChI=1S/C16H22N2O3S/c1-12-2-5-18(15(20)8-12)10-14(19)17-13-3-6-21-16(9-13)4-7-22-11-16/h2,5,8,13H,3-4,6-7,9-11H2,1H3,(H,17,19)/t13-,16+/m0/s1. The van der Waals surface area contributed by atoms with Crippen molar-refractivity contribution in [3.8, 4) is 0 Å². The molecule has 120 valence electrons. The average molecular weight is 322 g/mol. The van der Waals surface area contributed by atoms with Crippen LogP contribution in [0.3, 0.4) is 0 Å². The largest absolute Gasteiger partial charge is 0.374 e. The molecule has 2 aliphatic rings. The molecular formula is C16H22N2O3S. The first-order valence-electron chi connectivity index (χ1n) is 7.75. The van der Waals surface area contributed by atoms with Gasteiger partial charge >= 0.3 is 0 Å². The number of carbonyl (C=O) groups is 1. The van der Waals surface area contributed by atoms with Gasteiger partial charge in [-0.25, -0.2) is 0 Å². The first-order chi connectivity index (χ1) is 10.6. The van der Waals surface area contributed by atoms with E-state index in [0.29, 0.717) is 6.61 Å². The Morgan fingerprint density at radius 2 is 2.45 bits per heavy atom. The summed E-state index contributed by atoms with van der Waals surface area (Å²) in [4.78, 5) is 24.0. The number of carbonyl (C=O) groups excluding carboxylic acids is 1. The highest BCUT2D eigenvalue weighted by atomic mass is 32.2. The predicted molar refractivity (Wildman–Crippen MR) is 87.2 cm³/mol. The van der Waals surface area contributed by atoms with Crippen molar-refractivity contribution in [2.24, 2.45) is 0 Å². The Hall–Kier alpha value is -1.27. The van der Waals surface area contributed by atoms with E-state index in [0.717, 1.165) is 36.3 Å². The third-order valence-electron chi connectivity index (χ3n) is 4.39. The molecule has 1 aromatic heterocycles. The van der Waals surface area contributed by atoms with Gasteiger partial charge in [-0.3, -0.25) is 9.59 Å². The maximum absolute atomic E-state index is 12.2.